The topological polar surface area (TPSA) is 108 Å². The molecule has 1 aromatic rings. The van der Waals surface area contributed by atoms with Gasteiger partial charge in [-0.3, -0.25) is 0 Å². The second kappa shape index (κ2) is 3.42. The second-order valence-electron chi connectivity index (χ2n) is 1.71. The van der Waals surface area contributed by atoms with Crippen molar-refractivity contribution in [3.8, 4) is 0 Å². The standard InChI is InChI=1S/C5H6N2O2S.H3N/c6-10(8,9)5-3-1-2-4-7-5;/h1-4H,(H2,6,8,9);1H3. The lowest BCUT2D eigenvalue weighted by atomic mass is 10.5. The van der Waals surface area contributed by atoms with Crippen LogP contribution in [0.15, 0.2) is 29.4 Å². The Kier molecular flexibility index (Phi) is 3.12. The molecule has 0 aliphatic heterocycles. The zero-order valence-corrected chi connectivity index (χ0v) is 6.58. The van der Waals surface area contributed by atoms with Gasteiger partial charge >= 0.3 is 0 Å². The molecule has 11 heavy (non-hydrogen) atoms. The molecule has 0 saturated carbocycles. The Morgan fingerprint density at radius 2 is 2.00 bits per heavy atom. The van der Waals surface area contributed by atoms with Crippen LogP contribution in [0.4, 0.5) is 0 Å². The van der Waals surface area contributed by atoms with Crippen LogP contribution in [0.2, 0.25) is 0 Å². The Hall–Kier alpha value is -0.980. The van der Waals surface area contributed by atoms with Crippen molar-refractivity contribution in [1.82, 2.24) is 11.1 Å². The van der Waals surface area contributed by atoms with E-state index in [1.807, 2.05) is 0 Å². The largest absolute Gasteiger partial charge is 0.344 e. The van der Waals surface area contributed by atoms with Crippen LogP contribution in [-0.2, 0) is 10.0 Å². The molecule has 5 N–H and O–H groups in total. The Bertz CT molecular complexity index is 308. The fraction of sp³-hybridized carbons (Fsp3) is 0. The predicted molar refractivity (Wildman–Crippen MR) is 40.6 cm³/mol. The summed E-state index contributed by atoms with van der Waals surface area (Å²) in [6.07, 6.45) is 1.37. The van der Waals surface area contributed by atoms with E-state index in [9.17, 15) is 8.42 Å². The Morgan fingerprint density at radius 3 is 2.27 bits per heavy atom. The number of hydrogen-bond acceptors (Lipinski definition) is 4. The molecule has 62 valence electrons. The van der Waals surface area contributed by atoms with Gasteiger partial charge in [0.25, 0.3) is 10.0 Å². The zero-order valence-electron chi connectivity index (χ0n) is 5.77. The van der Waals surface area contributed by atoms with Crippen LogP contribution in [0.1, 0.15) is 0 Å². The minimum Gasteiger partial charge on any atom is -0.344 e. The van der Waals surface area contributed by atoms with Crippen LogP contribution < -0.4 is 11.3 Å². The highest BCUT2D eigenvalue weighted by atomic mass is 32.2. The van der Waals surface area contributed by atoms with Crippen LogP contribution in [-0.4, -0.2) is 13.4 Å². The molecule has 1 aromatic heterocycles. The van der Waals surface area contributed by atoms with Crippen molar-refractivity contribution in [1.29, 1.82) is 0 Å². The molecule has 0 saturated heterocycles. The van der Waals surface area contributed by atoms with E-state index in [0.717, 1.165) is 0 Å². The molecule has 1 rings (SSSR count). The molecule has 0 spiro atoms. The average Bonchev–Trinajstić information content (AvgIpc) is 1.88. The highest BCUT2D eigenvalue weighted by Crippen LogP contribution is 1.98. The van der Waals surface area contributed by atoms with Crippen molar-refractivity contribution < 1.29 is 8.42 Å². The summed E-state index contributed by atoms with van der Waals surface area (Å²) in [6.45, 7) is 0. The number of nitrogens with zero attached hydrogens (tertiary/aromatic N) is 1. The fourth-order valence-corrected chi connectivity index (χ4v) is 0.991. The number of aromatic nitrogens is 1. The maximum absolute atomic E-state index is 10.5. The molecular weight excluding hydrogens is 166 g/mol. The van der Waals surface area contributed by atoms with Crippen molar-refractivity contribution in [2.24, 2.45) is 5.14 Å². The fourth-order valence-electron chi connectivity index (χ4n) is 0.515. The van der Waals surface area contributed by atoms with Crippen molar-refractivity contribution in [2.45, 2.75) is 5.03 Å². The summed E-state index contributed by atoms with van der Waals surface area (Å²) >= 11 is 0. The van der Waals surface area contributed by atoms with Crippen molar-refractivity contribution in [3.63, 3.8) is 0 Å². The van der Waals surface area contributed by atoms with E-state index >= 15 is 0 Å². The first-order chi connectivity index (χ1) is 4.61. The van der Waals surface area contributed by atoms with Crippen LogP contribution in [0.25, 0.3) is 0 Å². The molecule has 0 aliphatic rings. The van der Waals surface area contributed by atoms with Gasteiger partial charge in [-0.2, -0.15) is 0 Å². The van der Waals surface area contributed by atoms with Gasteiger partial charge < -0.3 is 6.15 Å². The molecule has 0 unspecified atom stereocenters. The second-order valence-corrected chi connectivity index (χ2v) is 3.22. The number of rotatable bonds is 1. The number of hydrogen-bond donors (Lipinski definition) is 2. The number of sulfonamides is 1. The Labute approximate surface area is 64.9 Å². The highest BCUT2D eigenvalue weighted by Gasteiger charge is 2.05. The molecular formula is C5H9N3O2S. The van der Waals surface area contributed by atoms with Crippen molar-refractivity contribution in [2.75, 3.05) is 0 Å². The summed E-state index contributed by atoms with van der Waals surface area (Å²) in [7, 11) is -3.61. The van der Waals surface area contributed by atoms with Gasteiger partial charge in [-0.15, -0.1) is 0 Å². The summed E-state index contributed by atoms with van der Waals surface area (Å²) in [6, 6.07) is 4.52. The normalized spacial score (nSPS) is 10.3. The SMILES string of the molecule is N.NS(=O)(=O)c1ccccn1. The number of pyridine rings is 1. The minimum atomic E-state index is -3.61. The molecule has 0 amide bonds. The van der Waals surface area contributed by atoms with E-state index < -0.39 is 10.0 Å². The zero-order chi connectivity index (χ0) is 7.61. The van der Waals surface area contributed by atoms with E-state index in [2.05, 4.69) is 4.98 Å². The molecule has 0 aliphatic carbocycles. The van der Waals surface area contributed by atoms with Gasteiger partial charge in [0.15, 0.2) is 5.03 Å². The van der Waals surface area contributed by atoms with E-state index in [1.54, 1.807) is 12.1 Å². The molecule has 0 bridgehead atoms. The highest BCUT2D eigenvalue weighted by molar-refractivity contribution is 7.89. The summed E-state index contributed by atoms with van der Waals surface area (Å²) in [5.74, 6) is 0. The number of nitrogens with two attached hydrogens (primary N) is 1. The van der Waals surface area contributed by atoms with Gasteiger partial charge in [-0.1, -0.05) is 6.07 Å². The monoisotopic (exact) mass is 175 g/mol. The molecule has 0 fully saturated rings. The third kappa shape index (κ3) is 2.62. The first-order valence-electron chi connectivity index (χ1n) is 2.54. The van der Waals surface area contributed by atoms with Gasteiger partial charge in [0.2, 0.25) is 0 Å². The maximum atomic E-state index is 10.5. The lowest BCUT2D eigenvalue weighted by molar-refractivity contribution is 0.594. The maximum Gasteiger partial charge on any atom is 0.255 e. The lowest BCUT2D eigenvalue weighted by Gasteiger charge is -1.92. The van der Waals surface area contributed by atoms with Crippen LogP contribution in [0.3, 0.4) is 0 Å². The smallest absolute Gasteiger partial charge is 0.255 e. The van der Waals surface area contributed by atoms with E-state index in [1.165, 1.54) is 12.3 Å². The summed E-state index contributed by atoms with van der Waals surface area (Å²) in [5, 5.41) is 4.66. The lowest BCUT2D eigenvalue weighted by Crippen LogP contribution is -2.13. The van der Waals surface area contributed by atoms with Crippen LogP contribution >= 0.6 is 0 Å². The summed E-state index contributed by atoms with van der Waals surface area (Å²) in [5.41, 5.74) is 0. The quantitative estimate of drug-likeness (QED) is 0.620. The van der Waals surface area contributed by atoms with Crippen molar-refractivity contribution in [3.05, 3.63) is 24.4 Å². The van der Waals surface area contributed by atoms with E-state index in [4.69, 9.17) is 5.14 Å². The summed E-state index contributed by atoms with van der Waals surface area (Å²) in [4.78, 5) is 3.54. The van der Waals surface area contributed by atoms with Crippen LogP contribution in [0, 0.1) is 0 Å². The molecule has 6 heteroatoms. The minimum absolute atomic E-state index is 0. The molecule has 0 atom stereocenters. The van der Waals surface area contributed by atoms with Crippen LogP contribution in [0.5, 0.6) is 0 Å². The first kappa shape index (κ1) is 10.0. The first-order valence-corrected chi connectivity index (χ1v) is 4.09. The summed E-state index contributed by atoms with van der Waals surface area (Å²) < 4.78 is 21.1. The van der Waals surface area contributed by atoms with E-state index in [0.29, 0.717) is 0 Å². The number of primary sulfonamides is 1. The van der Waals surface area contributed by atoms with Gasteiger partial charge in [0, 0.05) is 6.20 Å². The molecule has 0 aromatic carbocycles. The predicted octanol–water partition coefficient (Wildman–Crippen LogP) is -0.109. The third-order valence-electron chi connectivity index (χ3n) is 0.929. The van der Waals surface area contributed by atoms with Crippen molar-refractivity contribution >= 4 is 10.0 Å². The molecule has 5 nitrogen and oxygen atoms in total. The Balaban J connectivity index is 0.000001000. The molecule has 1 heterocycles. The van der Waals surface area contributed by atoms with Gasteiger partial charge in [0.05, 0.1) is 0 Å². The Morgan fingerprint density at radius 1 is 1.36 bits per heavy atom. The van der Waals surface area contributed by atoms with Gasteiger partial charge in [-0.05, 0) is 12.1 Å². The van der Waals surface area contributed by atoms with E-state index in [-0.39, 0.29) is 11.2 Å². The van der Waals surface area contributed by atoms with Gasteiger partial charge in [0.1, 0.15) is 0 Å². The average molecular weight is 175 g/mol. The molecule has 0 radical (unpaired) electrons. The van der Waals surface area contributed by atoms with Gasteiger partial charge in [-0.25, -0.2) is 18.5 Å². The third-order valence-corrected chi connectivity index (χ3v) is 1.75.